The summed E-state index contributed by atoms with van der Waals surface area (Å²) in [6.07, 6.45) is 14.0. The van der Waals surface area contributed by atoms with Crippen molar-refractivity contribution in [1.82, 2.24) is 0 Å². The first-order valence-electron chi connectivity index (χ1n) is 11.8. The van der Waals surface area contributed by atoms with Gasteiger partial charge in [-0.25, -0.2) is 0 Å². The van der Waals surface area contributed by atoms with E-state index in [4.69, 9.17) is 0 Å². The number of aliphatic hydroxyl groups is 3. The van der Waals surface area contributed by atoms with E-state index >= 15 is 0 Å². The Kier molecular flexibility index (Phi) is 7.46. The van der Waals surface area contributed by atoms with Crippen molar-refractivity contribution in [1.29, 1.82) is 0 Å². The Morgan fingerprint density at radius 3 is 2.45 bits per heavy atom. The SMILES string of the molecule is C=C1[C@H](O)CC(=CC=C2CCC[C@]3(C)[C@@H]([C@H](C)CCCC(C)O)CC[C@@H]23)C[C@H]1O. The average molecular weight is 403 g/mol. The normalized spacial score (nSPS) is 38.8. The van der Waals surface area contributed by atoms with E-state index in [9.17, 15) is 15.3 Å². The first kappa shape index (κ1) is 22.8. The van der Waals surface area contributed by atoms with Gasteiger partial charge in [0.2, 0.25) is 0 Å². The topological polar surface area (TPSA) is 60.7 Å². The summed E-state index contributed by atoms with van der Waals surface area (Å²) in [7, 11) is 0. The van der Waals surface area contributed by atoms with Crippen LogP contribution < -0.4 is 0 Å². The van der Waals surface area contributed by atoms with Gasteiger partial charge in [0.05, 0.1) is 18.3 Å². The van der Waals surface area contributed by atoms with Crippen LogP contribution in [0, 0.1) is 23.2 Å². The molecule has 0 amide bonds. The summed E-state index contributed by atoms with van der Waals surface area (Å²) >= 11 is 0. The molecule has 3 nitrogen and oxygen atoms in total. The summed E-state index contributed by atoms with van der Waals surface area (Å²) < 4.78 is 0. The van der Waals surface area contributed by atoms with E-state index in [-0.39, 0.29) is 6.10 Å². The average Bonchev–Trinajstić information content (AvgIpc) is 3.01. The van der Waals surface area contributed by atoms with Crippen molar-refractivity contribution in [2.75, 3.05) is 0 Å². The van der Waals surface area contributed by atoms with Crippen LogP contribution >= 0.6 is 0 Å². The van der Waals surface area contributed by atoms with Gasteiger partial charge >= 0.3 is 0 Å². The fraction of sp³-hybridized carbons (Fsp3) is 0.769. The molecular formula is C26H42O3. The predicted octanol–water partition coefficient (Wildman–Crippen LogP) is 5.31. The maximum atomic E-state index is 10.1. The zero-order chi connectivity index (χ0) is 21.2. The summed E-state index contributed by atoms with van der Waals surface area (Å²) in [5.41, 5.74) is 3.67. The van der Waals surface area contributed by atoms with Crippen molar-refractivity contribution in [2.45, 2.75) is 103 Å². The van der Waals surface area contributed by atoms with E-state index in [0.717, 1.165) is 30.3 Å². The molecule has 1 unspecified atom stereocenters. The quantitative estimate of drug-likeness (QED) is 0.527. The molecule has 0 heterocycles. The molecule has 0 saturated heterocycles. The van der Waals surface area contributed by atoms with Gasteiger partial charge in [0, 0.05) is 0 Å². The minimum absolute atomic E-state index is 0.180. The molecular weight excluding hydrogens is 360 g/mol. The minimum Gasteiger partial charge on any atom is -0.393 e. The summed E-state index contributed by atoms with van der Waals surface area (Å²) in [5.74, 6) is 2.17. The molecule has 164 valence electrons. The van der Waals surface area contributed by atoms with Crippen LogP contribution in [0.25, 0.3) is 0 Å². The van der Waals surface area contributed by atoms with Crippen LogP contribution in [-0.2, 0) is 0 Å². The van der Waals surface area contributed by atoms with Crippen molar-refractivity contribution in [3.63, 3.8) is 0 Å². The van der Waals surface area contributed by atoms with Crippen LogP contribution in [0.1, 0.15) is 85.0 Å². The Labute approximate surface area is 177 Å². The molecule has 7 atom stereocenters. The Balaban J connectivity index is 1.68. The van der Waals surface area contributed by atoms with Crippen molar-refractivity contribution >= 4 is 0 Å². The maximum absolute atomic E-state index is 10.1. The standard InChI is InChI=1S/C26H42O3/c1-17(7-5-8-18(2)27)22-12-13-23-21(9-6-14-26(22,23)4)11-10-20-15-24(28)19(3)25(29)16-20/h10-11,17-18,22-25,27-29H,3,5-9,12-16H2,1-2,4H3/t17-,18?,22-,23+,24-,25-,26-/m1/s1. The maximum Gasteiger partial charge on any atom is 0.0809 e. The second kappa shape index (κ2) is 9.49. The van der Waals surface area contributed by atoms with E-state index in [1.54, 1.807) is 5.57 Å². The first-order chi connectivity index (χ1) is 13.7. The van der Waals surface area contributed by atoms with Crippen molar-refractivity contribution in [3.05, 3.63) is 35.5 Å². The van der Waals surface area contributed by atoms with Gasteiger partial charge in [-0.2, -0.15) is 0 Å². The monoisotopic (exact) mass is 402 g/mol. The van der Waals surface area contributed by atoms with Gasteiger partial charge in [-0.1, -0.05) is 56.6 Å². The second-order valence-electron chi connectivity index (χ2n) is 10.4. The first-order valence-corrected chi connectivity index (χ1v) is 11.8. The zero-order valence-corrected chi connectivity index (χ0v) is 18.7. The van der Waals surface area contributed by atoms with Gasteiger partial charge < -0.3 is 15.3 Å². The molecule has 0 aliphatic heterocycles. The summed E-state index contributed by atoms with van der Waals surface area (Å²) in [5, 5.41) is 29.8. The van der Waals surface area contributed by atoms with Crippen molar-refractivity contribution in [2.24, 2.45) is 23.2 Å². The van der Waals surface area contributed by atoms with Crippen LogP contribution in [0.5, 0.6) is 0 Å². The highest BCUT2D eigenvalue weighted by Gasteiger charge is 2.50. The molecule has 0 bridgehead atoms. The molecule has 0 aromatic heterocycles. The van der Waals surface area contributed by atoms with Crippen LogP contribution in [-0.4, -0.2) is 33.6 Å². The number of fused-ring (bicyclic) bond motifs is 1. The lowest BCUT2D eigenvalue weighted by molar-refractivity contribution is 0.0907. The smallest absolute Gasteiger partial charge is 0.0809 e. The largest absolute Gasteiger partial charge is 0.393 e. The predicted molar refractivity (Wildman–Crippen MR) is 119 cm³/mol. The molecule has 0 radical (unpaired) electrons. The molecule has 3 N–H and O–H groups in total. The lowest BCUT2D eigenvalue weighted by Gasteiger charge is -2.44. The molecule has 3 heteroatoms. The van der Waals surface area contributed by atoms with Crippen molar-refractivity contribution in [3.8, 4) is 0 Å². The fourth-order valence-electron chi connectivity index (χ4n) is 6.58. The van der Waals surface area contributed by atoms with Gasteiger partial charge in [0.1, 0.15) is 0 Å². The van der Waals surface area contributed by atoms with Crippen molar-refractivity contribution < 1.29 is 15.3 Å². The summed E-state index contributed by atoms with van der Waals surface area (Å²) in [4.78, 5) is 0. The van der Waals surface area contributed by atoms with Gasteiger partial charge in [0.15, 0.2) is 0 Å². The highest BCUT2D eigenvalue weighted by atomic mass is 16.3. The van der Waals surface area contributed by atoms with Crippen LogP contribution in [0.3, 0.4) is 0 Å². The van der Waals surface area contributed by atoms with Crippen LogP contribution in [0.2, 0.25) is 0 Å². The number of hydrogen-bond donors (Lipinski definition) is 3. The van der Waals surface area contributed by atoms with E-state index in [0.29, 0.717) is 29.7 Å². The van der Waals surface area contributed by atoms with E-state index in [2.05, 4.69) is 32.6 Å². The van der Waals surface area contributed by atoms with E-state index in [1.807, 2.05) is 6.92 Å². The molecule has 29 heavy (non-hydrogen) atoms. The third kappa shape index (κ3) is 5.06. The number of hydrogen-bond acceptors (Lipinski definition) is 3. The highest BCUT2D eigenvalue weighted by molar-refractivity contribution is 5.29. The Hall–Kier alpha value is -0.900. The molecule has 3 aliphatic carbocycles. The molecule has 3 saturated carbocycles. The molecule has 3 aliphatic rings. The number of allylic oxidation sites excluding steroid dienone is 3. The Bertz CT molecular complexity index is 630. The third-order valence-corrected chi connectivity index (χ3v) is 8.31. The Morgan fingerprint density at radius 2 is 1.79 bits per heavy atom. The second-order valence-corrected chi connectivity index (χ2v) is 10.4. The Morgan fingerprint density at radius 1 is 1.10 bits per heavy atom. The van der Waals surface area contributed by atoms with E-state index < -0.39 is 12.2 Å². The number of rotatable bonds is 6. The third-order valence-electron chi connectivity index (χ3n) is 8.31. The fourth-order valence-corrected chi connectivity index (χ4v) is 6.58. The summed E-state index contributed by atoms with van der Waals surface area (Å²) in [6.45, 7) is 10.7. The zero-order valence-electron chi connectivity index (χ0n) is 18.7. The lowest BCUT2D eigenvalue weighted by Crippen LogP contribution is -2.36. The van der Waals surface area contributed by atoms with Crippen LogP contribution in [0.15, 0.2) is 35.5 Å². The van der Waals surface area contributed by atoms with E-state index in [1.165, 1.54) is 38.5 Å². The van der Waals surface area contributed by atoms with Gasteiger partial charge in [0.25, 0.3) is 0 Å². The van der Waals surface area contributed by atoms with Gasteiger partial charge in [-0.3, -0.25) is 0 Å². The lowest BCUT2D eigenvalue weighted by atomic mass is 9.60. The highest BCUT2D eigenvalue weighted by Crippen LogP contribution is 2.59. The molecule has 0 aromatic rings. The molecule has 0 spiro atoms. The number of aliphatic hydroxyl groups excluding tert-OH is 3. The molecule has 3 rings (SSSR count). The van der Waals surface area contributed by atoms with Gasteiger partial charge in [-0.05, 0) is 87.0 Å². The molecule has 0 aromatic carbocycles. The van der Waals surface area contributed by atoms with Gasteiger partial charge in [-0.15, -0.1) is 0 Å². The molecule has 3 fully saturated rings. The summed E-state index contributed by atoms with van der Waals surface area (Å²) in [6, 6.07) is 0. The minimum atomic E-state index is -0.613. The van der Waals surface area contributed by atoms with Crippen LogP contribution in [0.4, 0.5) is 0 Å².